The van der Waals surface area contributed by atoms with Crippen molar-refractivity contribution in [3.63, 3.8) is 0 Å². The molecule has 2 N–H and O–H groups in total. The highest BCUT2D eigenvalue weighted by Crippen LogP contribution is 2.43. The standard InChI is InChI=1S/C13H22N2O3S2/c1-9(16)11-10(14)12(19-4)13(20-11)15(5-7-17-2)6-8-18-3/h5-8,14H2,1-4H3. The van der Waals surface area contributed by atoms with Crippen LogP contribution in [-0.2, 0) is 9.47 Å². The van der Waals surface area contributed by atoms with Crippen LogP contribution in [0.2, 0.25) is 0 Å². The molecule has 1 aromatic heterocycles. The molecule has 0 atom stereocenters. The summed E-state index contributed by atoms with van der Waals surface area (Å²) in [7, 11) is 3.35. The molecular weight excluding hydrogens is 296 g/mol. The third-order valence-corrected chi connectivity index (χ3v) is 5.14. The first kappa shape index (κ1) is 17.3. The van der Waals surface area contributed by atoms with E-state index in [4.69, 9.17) is 15.2 Å². The molecule has 114 valence electrons. The van der Waals surface area contributed by atoms with E-state index in [1.807, 2.05) is 6.26 Å². The fraction of sp³-hybridized carbons (Fsp3) is 0.615. The van der Waals surface area contributed by atoms with Gasteiger partial charge in [-0.1, -0.05) is 0 Å². The van der Waals surface area contributed by atoms with E-state index in [9.17, 15) is 4.79 Å². The van der Waals surface area contributed by atoms with Gasteiger partial charge in [0.1, 0.15) is 5.00 Å². The summed E-state index contributed by atoms with van der Waals surface area (Å²) in [6.07, 6.45) is 1.97. The SMILES string of the molecule is COCCN(CCOC)c1sc(C(C)=O)c(N)c1SC. The number of methoxy groups -OCH3 is 2. The summed E-state index contributed by atoms with van der Waals surface area (Å²) in [4.78, 5) is 15.4. The summed E-state index contributed by atoms with van der Waals surface area (Å²) in [5.41, 5.74) is 6.68. The molecule has 0 radical (unpaired) electrons. The molecule has 0 spiro atoms. The Morgan fingerprint density at radius 2 is 1.85 bits per heavy atom. The minimum atomic E-state index is 0.00693. The smallest absolute Gasteiger partial charge is 0.171 e. The number of carbonyl (C=O) groups is 1. The number of hydrogen-bond donors (Lipinski definition) is 1. The van der Waals surface area contributed by atoms with Gasteiger partial charge in [-0.05, 0) is 6.26 Å². The van der Waals surface area contributed by atoms with Crippen molar-refractivity contribution in [1.29, 1.82) is 0 Å². The van der Waals surface area contributed by atoms with Gasteiger partial charge in [-0.25, -0.2) is 0 Å². The molecule has 20 heavy (non-hydrogen) atoms. The third-order valence-electron chi connectivity index (χ3n) is 2.82. The van der Waals surface area contributed by atoms with Crippen molar-refractivity contribution < 1.29 is 14.3 Å². The van der Waals surface area contributed by atoms with Gasteiger partial charge in [-0.2, -0.15) is 0 Å². The first-order valence-electron chi connectivity index (χ1n) is 6.26. The lowest BCUT2D eigenvalue weighted by molar-refractivity contribution is 0.102. The number of ether oxygens (including phenoxy) is 2. The highest BCUT2D eigenvalue weighted by atomic mass is 32.2. The van der Waals surface area contributed by atoms with Crippen LogP contribution in [0, 0.1) is 0 Å². The first-order chi connectivity index (χ1) is 9.56. The summed E-state index contributed by atoms with van der Waals surface area (Å²) in [6.45, 7) is 4.26. The minimum Gasteiger partial charge on any atom is -0.396 e. The van der Waals surface area contributed by atoms with Gasteiger partial charge in [-0.3, -0.25) is 4.79 Å². The van der Waals surface area contributed by atoms with E-state index in [1.165, 1.54) is 11.3 Å². The van der Waals surface area contributed by atoms with Gasteiger partial charge in [0, 0.05) is 34.2 Å². The average Bonchev–Trinajstić information content (AvgIpc) is 2.76. The molecule has 1 rings (SSSR count). The quantitative estimate of drug-likeness (QED) is 0.557. The number of carbonyl (C=O) groups excluding carboxylic acids is 1. The number of hydrogen-bond acceptors (Lipinski definition) is 7. The molecule has 0 aromatic carbocycles. The van der Waals surface area contributed by atoms with Crippen LogP contribution >= 0.6 is 23.1 Å². The molecule has 0 saturated carbocycles. The zero-order chi connectivity index (χ0) is 15.1. The number of rotatable bonds is 9. The topological polar surface area (TPSA) is 64.8 Å². The van der Waals surface area contributed by atoms with Gasteiger partial charge >= 0.3 is 0 Å². The number of anilines is 2. The normalized spacial score (nSPS) is 10.8. The van der Waals surface area contributed by atoms with Crippen LogP contribution in [0.5, 0.6) is 0 Å². The molecule has 1 heterocycles. The Kier molecular flexibility index (Phi) is 7.36. The molecule has 0 aliphatic rings. The van der Waals surface area contributed by atoms with E-state index in [-0.39, 0.29) is 5.78 Å². The van der Waals surface area contributed by atoms with Crippen LogP contribution in [0.25, 0.3) is 0 Å². The average molecular weight is 318 g/mol. The predicted molar refractivity (Wildman–Crippen MR) is 86.5 cm³/mol. The monoisotopic (exact) mass is 318 g/mol. The first-order valence-corrected chi connectivity index (χ1v) is 8.30. The van der Waals surface area contributed by atoms with Gasteiger partial charge in [0.05, 0.1) is 28.7 Å². The van der Waals surface area contributed by atoms with Gasteiger partial charge in [-0.15, -0.1) is 23.1 Å². The van der Waals surface area contributed by atoms with Gasteiger partial charge < -0.3 is 20.1 Å². The second-order valence-electron chi connectivity index (χ2n) is 4.21. The predicted octanol–water partition coefficient (Wildman–Crippen LogP) is 2.35. The molecule has 0 unspecified atom stereocenters. The van der Waals surface area contributed by atoms with E-state index < -0.39 is 0 Å². The third kappa shape index (κ3) is 4.12. The van der Waals surface area contributed by atoms with E-state index >= 15 is 0 Å². The van der Waals surface area contributed by atoms with Crippen LogP contribution in [0.3, 0.4) is 0 Å². The lowest BCUT2D eigenvalue weighted by atomic mass is 10.3. The molecule has 0 amide bonds. The summed E-state index contributed by atoms with van der Waals surface area (Å²) in [5.74, 6) is 0.00693. The van der Waals surface area contributed by atoms with E-state index in [2.05, 4.69) is 4.90 Å². The Morgan fingerprint density at radius 1 is 1.30 bits per heavy atom. The highest BCUT2D eigenvalue weighted by Gasteiger charge is 2.22. The number of Topliss-reactive ketones (excluding diaryl/α,β-unsaturated/α-hetero) is 1. The maximum absolute atomic E-state index is 11.7. The Hall–Kier alpha value is -0.760. The number of ketones is 1. The lowest BCUT2D eigenvalue weighted by Crippen LogP contribution is -2.30. The number of nitrogens with two attached hydrogens (primary N) is 1. The second kappa shape index (κ2) is 8.51. The number of thioether (sulfide) groups is 1. The van der Waals surface area contributed by atoms with Crippen molar-refractivity contribution in [2.24, 2.45) is 0 Å². The molecule has 0 bridgehead atoms. The molecule has 5 nitrogen and oxygen atoms in total. The summed E-state index contributed by atoms with van der Waals surface area (Å²) in [6, 6.07) is 0. The summed E-state index contributed by atoms with van der Waals surface area (Å²) >= 11 is 3.01. The number of nitrogens with zero attached hydrogens (tertiary/aromatic N) is 1. The maximum atomic E-state index is 11.7. The highest BCUT2D eigenvalue weighted by molar-refractivity contribution is 7.99. The van der Waals surface area contributed by atoms with Crippen LogP contribution in [-0.4, -0.2) is 52.6 Å². The van der Waals surface area contributed by atoms with Crippen molar-refractivity contribution >= 4 is 39.6 Å². The zero-order valence-corrected chi connectivity index (χ0v) is 14.0. The van der Waals surface area contributed by atoms with Crippen LogP contribution < -0.4 is 10.6 Å². The van der Waals surface area contributed by atoms with Crippen molar-refractivity contribution in [2.75, 3.05) is 57.4 Å². The van der Waals surface area contributed by atoms with E-state index in [0.29, 0.717) is 23.8 Å². The van der Waals surface area contributed by atoms with Crippen molar-refractivity contribution in [1.82, 2.24) is 0 Å². The molecule has 0 saturated heterocycles. The van der Waals surface area contributed by atoms with Crippen LogP contribution in [0.1, 0.15) is 16.6 Å². The van der Waals surface area contributed by atoms with Gasteiger partial charge in [0.25, 0.3) is 0 Å². The van der Waals surface area contributed by atoms with Crippen LogP contribution in [0.15, 0.2) is 4.90 Å². The minimum absolute atomic E-state index is 0.00693. The molecule has 0 aliphatic heterocycles. The maximum Gasteiger partial charge on any atom is 0.171 e. The van der Waals surface area contributed by atoms with E-state index in [1.54, 1.807) is 32.9 Å². The van der Waals surface area contributed by atoms with Gasteiger partial charge in [0.2, 0.25) is 0 Å². The number of nitrogen functional groups attached to an aromatic ring is 1. The Bertz CT molecular complexity index is 441. The summed E-state index contributed by atoms with van der Waals surface area (Å²) in [5, 5.41) is 1.02. The molecule has 0 aliphatic carbocycles. The van der Waals surface area contributed by atoms with Crippen molar-refractivity contribution in [3.05, 3.63) is 4.88 Å². The van der Waals surface area contributed by atoms with Crippen LogP contribution in [0.4, 0.5) is 10.7 Å². The largest absolute Gasteiger partial charge is 0.396 e. The van der Waals surface area contributed by atoms with Crippen molar-refractivity contribution in [3.8, 4) is 0 Å². The molecule has 1 aromatic rings. The number of thiophene rings is 1. The lowest BCUT2D eigenvalue weighted by Gasteiger charge is -2.23. The Morgan fingerprint density at radius 3 is 2.25 bits per heavy atom. The second-order valence-corrected chi connectivity index (χ2v) is 6.03. The summed E-state index contributed by atoms with van der Waals surface area (Å²) < 4.78 is 10.3. The fourth-order valence-corrected chi connectivity index (χ4v) is 3.93. The molecule has 7 heteroatoms. The fourth-order valence-electron chi connectivity index (χ4n) is 1.80. The van der Waals surface area contributed by atoms with E-state index in [0.717, 1.165) is 23.0 Å². The van der Waals surface area contributed by atoms with Gasteiger partial charge in [0.15, 0.2) is 5.78 Å². The Balaban J connectivity index is 3.10. The molecular formula is C13H22N2O3S2. The zero-order valence-electron chi connectivity index (χ0n) is 12.4. The Labute approximate surface area is 128 Å². The van der Waals surface area contributed by atoms with Crippen molar-refractivity contribution in [2.45, 2.75) is 11.8 Å². The molecule has 0 fully saturated rings.